The number of rotatable bonds is 5. The molecular weight excluding hydrogens is 342 g/mol. The van der Waals surface area contributed by atoms with E-state index in [1.807, 2.05) is 18.2 Å². The highest BCUT2D eigenvalue weighted by molar-refractivity contribution is 7.99. The third kappa shape index (κ3) is 3.82. The number of hydrogen-bond acceptors (Lipinski definition) is 5. The lowest BCUT2D eigenvalue weighted by Crippen LogP contribution is -2.30. The van der Waals surface area contributed by atoms with Crippen molar-refractivity contribution in [2.75, 3.05) is 25.4 Å². The van der Waals surface area contributed by atoms with Crippen molar-refractivity contribution in [1.82, 2.24) is 25.1 Å². The van der Waals surface area contributed by atoms with Crippen LogP contribution in [0.15, 0.2) is 29.4 Å². The second-order valence-corrected chi connectivity index (χ2v) is 7.13. The Hall–Kier alpha value is -1.37. The van der Waals surface area contributed by atoms with E-state index in [0.29, 0.717) is 0 Å². The third-order valence-corrected chi connectivity index (χ3v) is 5.33. The first-order valence-corrected chi connectivity index (χ1v) is 9.35. The van der Waals surface area contributed by atoms with Crippen molar-refractivity contribution in [3.8, 4) is 0 Å². The summed E-state index contributed by atoms with van der Waals surface area (Å²) in [6, 6.07) is 8.13. The van der Waals surface area contributed by atoms with E-state index in [-0.39, 0.29) is 12.4 Å². The molecule has 4 rings (SSSR count). The number of aromatic amines is 1. The maximum Gasteiger partial charge on any atom is 0.211 e. The Morgan fingerprint density at radius 2 is 1.92 bits per heavy atom. The molecule has 1 fully saturated rings. The zero-order valence-corrected chi connectivity index (χ0v) is 15.2. The van der Waals surface area contributed by atoms with Crippen LogP contribution < -0.4 is 0 Å². The van der Waals surface area contributed by atoms with Crippen molar-refractivity contribution in [1.29, 1.82) is 0 Å². The molecule has 7 heteroatoms. The summed E-state index contributed by atoms with van der Waals surface area (Å²) >= 11 is 1.70. The molecule has 1 aromatic carbocycles. The third-order valence-electron chi connectivity index (χ3n) is 4.40. The van der Waals surface area contributed by atoms with Gasteiger partial charge in [-0.25, -0.2) is 4.98 Å². The number of hydrogen-bond donors (Lipinski definition) is 1. The number of fused-ring (bicyclic) bond motifs is 3. The predicted octanol–water partition coefficient (Wildman–Crippen LogP) is 3.90. The van der Waals surface area contributed by atoms with E-state index in [9.17, 15) is 0 Å². The quantitative estimate of drug-likeness (QED) is 0.550. The minimum atomic E-state index is 0. The number of benzene rings is 1. The molecule has 0 aliphatic carbocycles. The van der Waals surface area contributed by atoms with Crippen LogP contribution in [-0.2, 0) is 0 Å². The minimum Gasteiger partial charge on any atom is -0.338 e. The molecule has 3 aromatic rings. The first-order valence-electron chi connectivity index (χ1n) is 8.36. The highest BCUT2D eigenvalue weighted by Gasteiger charge is 2.11. The molecule has 0 spiro atoms. The molecule has 0 unspecified atom stereocenters. The van der Waals surface area contributed by atoms with E-state index in [1.54, 1.807) is 11.8 Å². The molecular formula is C17H22ClN5S. The molecule has 1 aliphatic heterocycles. The van der Waals surface area contributed by atoms with Gasteiger partial charge in [-0.3, -0.25) is 0 Å². The molecule has 3 heterocycles. The summed E-state index contributed by atoms with van der Waals surface area (Å²) in [7, 11) is 0. The maximum absolute atomic E-state index is 4.62. The van der Waals surface area contributed by atoms with E-state index < -0.39 is 0 Å². The molecule has 1 aliphatic rings. The number of nitrogens with zero attached hydrogens (tertiary/aromatic N) is 4. The van der Waals surface area contributed by atoms with Crippen LogP contribution in [0.4, 0.5) is 0 Å². The van der Waals surface area contributed by atoms with Gasteiger partial charge in [-0.2, -0.15) is 0 Å². The van der Waals surface area contributed by atoms with Gasteiger partial charge in [0.15, 0.2) is 5.65 Å². The van der Waals surface area contributed by atoms with E-state index in [2.05, 4.69) is 31.1 Å². The Morgan fingerprint density at radius 1 is 1.08 bits per heavy atom. The summed E-state index contributed by atoms with van der Waals surface area (Å²) in [6.07, 6.45) is 5.29. The van der Waals surface area contributed by atoms with Gasteiger partial charge in [-0.05, 0) is 45.0 Å². The average molecular weight is 364 g/mol. The Morgan fingerprint density at radius 3 is 2.79 bits per heavy atom. The SMILES string of the molecule is Cl.c1ccc2c(c1)[nH]c1nc(SCCCN3CCCCC3)nnc12. The van der Waals surface area contributed by atoms with E-state index in [0.717, 1.165) is 33.0 Å². The summed E-state index contributed by atoms with van der Waals surface area (Å²) in [5.41, 5.74) is 2.76. The van der Waals surface area contributed by atoms with Crippen LogP contribution in [0.5, 0.6) is 0 Å². The second kappa shape index (κ2) is 8.14. The fourth-order valence-corrected chi connectivity index (χ4v) is 3.91. The number of H-pyrrole nitrogens is 1. The largest absolute Gasteiger partial charge is 0.338 e. The second-order valence-electron chi connectivity index (χ2n) is 6.07. The molecule has 1 saturated heterocycles. The first kappa shape index (κ1) is 17.5. The van der Waals surface area contributed by atoms with E-state index >= 15 is 0 Å². The first-order chi connectivity index (χ1) is 11.4. The summed E-state index contributed by atoms with van der Waals surface area (Å²) in [4.78, 5) is 10.5. The summed E-state index contributed by atoms with van der Waals surface area (Å²) in [5, 5.41) is 10.5. The lowest BCUT2D eigenvalue weighted by Gasteiger charge is -2.26. The van der Waals surface area contributed by atoms with Gasteiger partial charge in [0.25, 0.3) is 0 Å². The zero-order chi connectivity index (χ0) is 15.5. The molecule has 0 radical (unpaired) electrons. The highest BCUT2D eigenvalue weighted by Crippen LogP contribution is 2.23. The van der Waals surface area contributed by atoms with Crippen LogP contribution in [0.3, 0.4) is 0 Å². The Bertz CT molecular complexity index is 800. The number of thioether (sulfide) groups is 1. The molecule has 0 amide bonds. The molecule has 1 N–H and O–H groups in total. The number of nitrogens with one attached hydrogen (secondary N) is 1. The van der Waals surface area contributed by atoms with Crippen LogP contribution in [0, 0.1) is 0 Å². The van der Waals surface area contributed by atoms with Crippen LogP contribution in [-0.4, -0.2) is 50.5 Å². The van der Waals surface area contributed by atoms with Crippen molar-refractivity contribution in [3.05, 3.63) is 24.3 Å². The monoisotopic (exact) mass is 363 g/mol. The summed E-state index contributed by atoms with van der Waals surface area (Å²) in [6.45, 7) is 3.72. The zero-order valence-electron chi connectivity index (χ0n) is 13.6. The smallest absolute Gasteiger partial charge is 0.211 e. The standard InChI is InChI=1S/C17H21N5S.ClH/c1-4-9-22(10-5-1)11-6-12-23-17-19-16-15(20-21-17)13-7-2-3-8-14(13)18-16;/h2-3,7-8H,1,4-6,9-12H2,(H,18,19,21);1H. The van der Waals surface area contributed by atoms with Gasteiger partial charge in [0, 0.05) is 16.7 Å². The van der Waals surface area contributed by atoms with Crippen LogP contribution >= 0.6 is 24.2 Å². The molecule has 0 atom stereocenters. The van der Waals surface area contributed by atoms with Gasteiger partial charge in [0.2, 0.25) is 5.16 Å². The number of aromatic nitrogens is 4. The molecule has 128 valence electrons. The van der Waals surface area contributed by atoms with Gasteiger partial charge in [0.05, 0.1) is 0 Å². The van der Waals surface area contributed by atoms with Crippen LogP contribution in [0.25, 0.3) is 22.1 Å². The molecule has 0 saturated carbocycles. The predicted molar refractivity (Wildman–Crippen MR) is 102 cm³/mol. The van der Waals surface area contributed by atoms with Gasteiger partial charge in [-0.15, -0.1) is 22.6 Å². The summed E-state index contributed by atoms with van der Waals surface area (Å²) in [5.74, 6) is 1.05. The average Bonchev–Trinajstić information content (AvgIpc) is 2.97. The van der Waals surface area contributed by atoms with Crippen molar-refractivity contribution in [2.45, 2.75) is 30.8 Å². The molecule has 5 nitrogen and oxygen atoms in total. The van der Waals surface area contributed by atoms with Crippen LogP contribution in [0.2, 0.25) is 0 Å². The number of piperidine rings is 1. The minimum absolute atomic E-state index is 0. The van der Waals surface area contributed by atoms with Gasteiger partial charge in [-0.1, -0.05) is 36.4 Å². The fourth-order valence-electron chi connectivity index (χ4n) is 3.20. The Labute approximate surface area is 152 Å². The highest BCUT2D eigenvalue weighted by atomic mass is 35.5. The van der Waals surface area contributed by atoms with Crippen molar-refractivity contribution < 1.29 is 0 Å². The van der Waals surface area contributed by atoms with E-state index in [4.69, 9.17) is 0 Å². The van der Waals surface area contributed by atoms with Gasteiger partial charge < -0.3 is 9.88 Å². The Kier molecular flexibility index (Phi) is 5.92. The van der Waals surface area contributed by atoms with Crippen LogP contribution in [0.1, 0.15) is 25.7 Å². The normalized spacial score (nSPS) is 15.7. The maximum atomic E-state index is 4.62. The number of halogens is 1. The number of para-hydroxylation sites is 1. The number of likely N-dealkylation sites (tertiary alicyclic amines) is 1. The Balaban J connectivity index is 0.00000169. The molecule has 24 heavy (non-hydrogen) atoms. The molecule has 0 bridgehead atoms. The summed E-state index contributed by atoms with van der Waals surface area (Å²) < 4.78 is 0. The van der Waals surface area contributed by atoms with Crippen molar-refractivity contribution in [2.24, 2.45) is 0 Å². The van der Waals surface area contributed by atoms with Gasteiger partial charge in [0.1, 0.15) is 5.52 Å². The van der Waals surface area contributed by atoms with Crippen molar-refractivity contribution >= 4 is 46.2 Å². The lowest BCUT2D eigenvalue weighted by molar-refractivity contribution is 0.230. The van der Waals surface area contributed by atoms with Gasteiger partial charge >= 0.3 is 0 Å². The topological polar surface area (TPSA) is 57.7 Å². The van der Waals surface area contributed by atoms with E-state index in [1.165, 1.54) is 45.3 Å². The van der Waals surface area contributed by atoms with Crippen molar-refractivity contribution in [3.63, 3.8) is 0 Å². The molecule has 2 aromatic heterocycles. The fraction of sp³-hybridized carbons (Fsp3) is 0.471. The lowest BCUT2D eigenvalue weighted by atomic mass is 10.1.